The first-order valence-corrected chi connectivity index (χ1v) is 9.16. The molecule has 1 aliphatic heterocycles. The topological polar surface area (TPSA) is 136 Å². The second-order valence-corrected chi connectivity index (χ2v) is 7.63. The van der Waals surface area contributed by atoms with Crippen molar-refractivity contribution in [1.82, 2.24) is 15.4 Å². The summed E-state index contributed by atoms with van der Waals surface area (Å²) >= 11 is 12.4. The normalized spacial score (nSPS) is 16.3. The van der Waals surface area contributed by atoms with Crippen LogP contribution in [0.25, 0.3) is 11.1 Å². The first-order chi connectivity index (χ1) is 12.7. The summed E-state index contributed by atoms with van der Waals surface area (Å²) in [6, 6.07) is 5.03. The van der Waals surface area contributed by atoms with Crippen LogP contribution in [0.3, 0.4) is 0 Å². The maximum Gasteiger partial charge on any atom is 0.284 e. The van der Waals surface area contributed by atoms with Crippen LogP contribution in [0.2, 0.25) is 10.0 Å². The minimum atomic E-state index is -0.600. The predicted molar refractivity (Wildman–Crippen MR) is 108 cm³/mol. The smallest absolute Gasteiger partial charge is 0.284 e. The summed E-state index contributed by atoms with van der Waals surface area (Å²) < 4.78 is 0. The molecule has 0 aliphatic carbocycles. The van der Waals surface area contributed by atoms with Crippen molar-refractivity contribution in [3.05, 3.63) is 33.9 Å². The maximum atomic E-state index is 12.4. The highest BCUT2D eigenvalue weighted by molar-refractivity contribution is 6.44. The molecule has 2 heterocycles. The zero-order chi connectivity index (χ0) is 19.8. The molecule has 1 fully saturated rings. The number of hydrogen-bond donors (Lipinski definition) is 4. The highest BCUT2D eigenvalue weighted by Gasteiger charge is 2.29. The number of halogens is 2. The van der Waals surface area contributed by atoms with Crippen LogP contribution in [0.1, 0.15) is 30.3 Å². The molecular weight excluding hydrogens is 389 g/mol. The summed E-state index contributed by atoms with van der Waals surface area (Å²) in [5, 5.41) is 0.583. The van der Waals surface area contributed by atoms with Gasteiger partial charge in [0.2, 0.25) is 5.95 Å². The number of carbonyl (C=O) groups excluding carboxylic acids is 1. The Labute approximate surface area is 167 Å². The molecule has 8 nitrogen and oxygen atoms in total. The molecule has 144 valence electrons. The Morgan fingerprint density at radius 1 is 1.26 bits per heavy atom. The van der Waals surface area contributed by atoms with Gasteiger partial charge in [-0.25, -0.2) is 10.8 Å². The molecular formula is C17H21Cl2N7O. The van der Waals surface area contributed by atoms with Crippen LogP contribution < -0.4 is 27.6 Å². The van der Waals surface area contributed by atoms with Crippen molar-refractivity contribution in [2.75, 3.05) is 23.7 Å². The predicted octanol–water partition coefficient (Wildman–Crippen LogP) is 1.95. The summed E-state index contributed by atoms with van der Waals surface area (Å²) in [4.78, 5) is 23.2. The Morgan fingerprint density at radius 2 is 1.93 bits per heavy atom. The van der Waals surface area contributed by atoms with Crippen molar-refractivity contribution in [3.63, 3.8) is 0 Å². The molecule has 0 saturated carbocycles. The zero-order valence-electron chi connectivity index (χ0n) is 14.8. The maximum absolute atomic E-state index is 12.4. The number of hydrazine groups is 1. The fourth-order valence-corrected chi connectivity index (χ4v) is 3.41. The standard InChI is InChI=1S/C17H21Cl2N7O/c1-17(21)5-7-26(8-6-17)16-23-13(15(27)25-22)11(14(20)24-16)9-3-2-4-10(18)12(9)19/h2-4H,5-8,21-22H2,1H3,(H,25,27)(H2,20,23,24). The summed E-state index contributed by atoms with van der Waals surface area (Å²) in [7, 11) is 0. The Hall–Kier alpha value is -2.13. The van der Waals surface area contributed by atoms with Crippen LogP contribution in [0, 0.1) is 0 Å². The molecule has 1 amide bonds. The summed E-state index contributed by atoms with van der Waals surface area (Å²) in [5.74, 6) is 5.21. The zero-order valence-corrected chi connectivity index (χ0v) is 16.3. The average molecular weight is 410 g/mol. The molecule has 7 N–H and O–H groups in total. The molecule has 27 heavy (non-hydrogen) atoms. The first-order valence-electron chi connectivity index (χ1n) is 8.40. The SMILES string of the molecule is CC1(N)CCN(c2nc(N)c(-c3cccc(Cl)c3Cl)c(C(=O)NN)n2)CC1. The Balaban J connectivity index is 2.10. The number of nitrogens with two attached hydrogens (primary N) is 3. The molecule has 1 saturated heterocycles. The quantitative estimate of drug-likeness (QED) is 0.345. The van der Waals surface area contributed by atoms with Crippen molar-refractivity contribution < 1.29 is 4.79 Å². The van der Waals surface area contributed by atoms with Gasteiger partial charge in [-0.2, -0.15) is 4.98 Å². The molecule has 0 atom stereocenters. The number of anilines is 2. The summed E-state index contributed by atoms with van der Waals surface area (Å²) in [5.41, 5.74) is 15.0. The lowest BCUT2D eigenvalue weighted by atomic mass is 9.91. The van der Waals surface area contributed by atoms with Gasteiger partial charge in [-0.15, -0.1) is 0 Å². The van der Waals surface area contributed by atoms with Gasteiger partial charge < -0.3 is 16.4 Å². The van der Waals surface area contributed by atoms with Gasteiger partial charge in [0.25, 0.3) is 5.91 Å². The second-order valence-electron chi connectivity index (χ2n) is 6.85. The number of piperidine rings is 1. The van der Waals surface area contributed by atoms with E-state index in [9.17, 15) is 4.79 Å². The van der Waals surface area contributed by atoms with E-state index in [1.807, 2.05) is 11.8 Å². The molecule has 10 heteroatoms. The lowest BCUT2D eigenvalue weighted by molar-refractivity contribution is 0.0949. The molecule has 1 aliphatic rings. The van der Waals surface area contributed by atoms with Gasteiger partial charge in [0.05, 0.1) is 15.6 Å². The number of rotatable bonds is 3. The third kappa shape index (κ3) is 3.93. The fourth-order valence-electron chi connectivity index (χ4n) is 3.02. The third-order valence-electron chi connectivity index (χ3n) is 4.68. The molecule has 3 rings (SSSR count). The van der Waals surface area contributed by atoms with E-state index >= 15 is 0 Å². The monoisotopic (exact) mass is 409 g/mol. The number of carbonyl (C=O) groups is 1. The summed E-state index contributed by atoms with van der Waals surface area (Å²) in [6.45, 7) is 3.33. The van der Waals surface area contributed by atoms with Crippen molar-refractivity contribution in [3.8, 4) is 11.1 Å². The number of amides is 1. The molecule has 0 spiro atoms. The Kier molecular flexibility index (Phi) is 5.43. The highest BCUT2D eigenvalue weighted by atomic mass is 35.5. The largest absolute Gasteiger partial charge is 0.383 e. The van der Waals surface area contributed by atoms with Crippen LogP contribution in [-0.2, 0) is 0 Å². The van der Waals surface area contributed by atoms with E-state index in [1.165, 1.54) is 0 Å². The molecule has 0 bridgehead atoms. The van der Waals surface area contributed by atoms with E-state index in [4.69, 9.17) is 40.5 Å². The number of nitrogens with one attached hydrogen (secondary N) is 1. The van der Waals surface area contributed by atoms with E-state index < -0.39 is 5.91 Å². The molecule has 1 aromatic heterocycles. The number of nitrogen functional groups attached to an aromatic ring is 2. The van der Waals surface area contributed by atoms with Crippen molar-refractivity contribution in [2.24, 2.45) is 11.6 Å². The van der Waals surface area contributed by atoms with Crippen LogP contribution >= 0.6 is 23.2 Å². The number of nitrogens with zero attached hydrogens (tertiary/aromatic N) is 3. The Bertz CT molecular complexity index is 878. The van der Waals surface area contributed by atoms with E-state index in [0.29, 0.717) is 29.6 Å². The average Bonchev–Trinajstić information content (AvgIpc) is 2.63. The van der Waals surface area contributed by atoms with E-state index in [2.05, 4.69) is 15.4 Å². The summed E-state index contributed by atoms with van der Waals surface area (Å²) in [6.07, 6.45) is 1.55. The van der Waals surface area contributed by atoms with Crippen molar-refractivity contribution in [2.45, 2.75) is 25.3 Å². The van der Waals surface area contributed by atoms with Crippen LogP contribution in [0.15, 0.2) is 18.2 Å². The van der Waals surface area contributed by atoms with Gasteiger partial charge in [-0.1, -0.05) is 35.3 Å². The number of benzene rings is 1. The van der Waals surface area contributed by atoms with Gasteiger partial charge in [0, 0.05) is 24.2 Å². The minimum Gasteiger partial charge on any atom is -0.383 e. The number of aromatic nitrogens is 2. The van der Waals surface area contributed by atoms with Gasteiger partial charge in [0.1, 0.15) is 11.5 Å². The van der Waals surface area contributed by atoms with Gasteiger partial charge in [-0.05, 0) is 25.8 Å². The van der Waals surface area contributed by atoms with E-state index in [0.717, 1.165) is 12.8 Å². The van der Waals surface area contributed by atoms with Crippen LogP contribution in [0.4, 0.5) is 11.8 Å². The van der Waals surface area contributed by atoms with Crippen molar-refractivity contribution in [1.29, 1.82) is 0 Å². The lowest BCUT2D eigenvalue weighted by Gasteiger charge is -2.36. The second kappa shape index (κ2) is 7.47. The molecule has 0 unspecified atom stereocenters. The van der Waals surface area contributed by atoms with Gasteiger partial charge >= 0.3 is 0 Å². The van der Waals surface area contributed by atoms with Gasteiger partial charge in [0.15, 0.2) is 0 Å². The molecule has 0 radical (unpaired) electrons. The third-order valence-corrected chi connectivity index (χ3v) is 5.50. The molecule has 1 aromatic carbocycles. The van der Waals surface area contributed by atoms with Crippen LogP contribution in [0.5, 0.6) is 0 Å². The first kappa shape index (κ1) is 19.6. The fraction of sp³-hybridized carbons (Fsp3) is 0.353. The van der Waals surface area contributed by atoms with Gasteiger partial charge in [-0.3, -0.25) is 10.2 Å². The van der Waals surface area contributed by atoms with Crippen LogP contribution in [-0.4, -0.2) is 34.5 Å². The minimum absolute atomic E-state index is 0.0326. The highest BCUT2D eigenvalue weighted by Crippen LogP contribution is 2.38. The van der Waals surface area contributed by atoms with Crippen molar-refractivity contribution >= 4 is 40.9 Å². The lowest BCUT2D eigenvalue weighted by Crippen LogP contribution is -2.48. The molecule has 2 aromatic rings. The van der Waals surface area contributed by atoms with E-state index in [-0.39, 0.29) is 27.6 Å². The number of hydrogen-bond acceptors (Lipinski definition) is 7. The Morgan fingerprint density at radius 3 is 2.56 bits per heavy atom. The van der Waals surface area contributed by atoms with E-state index in [1.54, 1.807) is 18.2 Å².